The highest BCUT2D eigenvalue weighted by Gasteiger charge is 2.36. The maximum atomic E-state index is 13.3. The third kappa shape index (κ3) is 3.92. The number of carbonyl (C=O) groups excluding carboxylic acids is 1. The number of hydrogen-bond donors (Lipinski definition) is 2. The second-order valence-electron chi connectivity index (χ2n) is 9.49. The maximum Gasteiger partial charge on any atom is 0.320 e. The number of nitrogens with zero attached hydrogens (tertiary/aromatic N) is 7. The van der Waals surface area contributed by atoms with Crippen LogP contribution in [0.3, 0.4) is 0 Å². The first-order chi connectivity index (χ1) is 17.4. The van der Waals surface area contributed by atoms with Gasteiger partial charge in [0.1, 0.15) is 17.5 Å². The summed E-state index contributed by atoms with van der Waals surface area (Å²) >= 11 is 0. The number of rotatable bonds is 3. The van der Waals surface area contributed by atoms with Crippen molar-refractivity contribution < 1.29 is 14.3 Å². The van der Waals surface area contributed by atoms with Gasteiger partial charge >= 0.3 is 6.03 Å². The van der Waals surface area contributed by atoms with Crippen LogP contribution < -0.4 is 5.56 Å². The lowest BCUT2D eigenvalue weighted by atomic mass is 9.91. The Labute approximate surface area is 204 Å². The lowest BCUT2D eigenvalue weighted by molar-refractivity contribution is -0.0294. The molecular weight excluding hydrogens is 467 g/mol. The minimum absolute atomic E-state index is 0.0502. The number of likely N-dealkylation sites (tertiary alicyclic amines) is 1. The Hall–Kier alpha value is -4.06. The van der Waals surface area contributed by atoms with E-state index in [9.17, 15) is 19.1 Å². The van der Waals surface area contributed by atoms with Gasteiger partial charge in [0.05, 0.1) is 42.5 Å². The number of urea groups is 1. The van der Waals surface area contributed by atoms with E-state index in [1.807, 2.05) is 0 Å². The minimum Gasteiger partial charge on any atom is -0.388 e. The third-order valence-electron chi connectivity index (χ3n) is 7.13. The number of hydrogen-bond acceptors (Lipinski definition) is 6. The van der Waals surface area contributed by atoms with Crippen LogP contribution >= 0.6 is 0 Å². The molecule has 0 spiro atoms. The van der Waals surface area contributed by atoms with E-state index in [0.29, 0.717) is 55.7 Å². The van der Waals surface area contributed by atoms with E-state index in [0.717, 1.165) is 17.7 Å². The summed E-state index contributed by atoms with van der Waals surface area (Å²) in [6.07, 6.45) is 6.10. The largest absolute Gasteiger partial charge is 0.388 e. The zero-order valence-electron chi connectivity index (χ0n) is 19.5. The number of piperidine rings is 1. The van der Waals surface area contributed by atoms with Crippen LogP contribution in [0.2, 0.25) is 0 Å². The van der Waals surface area contributed by atoms with Crippen molar-refractivity contribution in [2.24, 2.45) is 0 Å². The molecular formula is C24H25FN8O3. The summed E-state index contributed by atoms with van der Waals surface area (Å²) in [5.41, 5.74) is 1.60. The summed E-state index contributed by atoms with van der Waals surface area (Å²) in [5, 5.41) is 22.8. The Morgan fingerprint density at radius 1 is 1.11 bits per heavy atom. The standard InChI is InChI=1S/C24H25FN8O3/c25-17-1-3-18(4-2-17)33-21-19(12-28-33)22(34)32(15-26-21)14-24(36)6-9-30(10-7-24)23(35)31-8-5-16-11-27-29-20(16)13-31/h1-4,11-12,15,36H,5-10,13-14H2,(H,27,29). The average Bonchev–Trinajstić information content (AvgIpc) is 3.53. The van der Waals surface area contributed by atoms with E-state index in [-0.39, 0.29) is 24.0 Å². The number of halogens is 1. The fourth-order valence-electron chi connectivity index (χ4n) is 5.00. The molecule has 0 aliphatic carbocycles. The second-order valence-corrected chi connectivity index (χ2v) is 9.49. The third-order valence-corrected chi connectivity index (χ3v) is 7.13. The number of fused-ring (bicyclic) bond motifs is 2. The molecule has 5 heterocycles. The number of H-pyrrole nitrogens is 1. The number of carbonyl (C=O) groups is 1. The second kappa shape index (κ2) is 8.55. The molecule has 2 aliphatic rings. The molecule has 3 aromatic heterocycles. The molecule has 2 amide bonds. The van der Waals surface area contributed by atoms with Gasteiger partial charge in [-0.2, -0.15) is 10.2 Å². The van der Waals surface area contributed by atoms with Crippen molar-refractivity contribution >= 4 is 17.1 Å². The van der Waals surface area contributed by atoms with Crippen molar-refractivity contribution in [1.29, 1.82) is 0 Å². The van der Waals surface area contributed by atoms with Crippen molar-refractivity contribution in [2.75, 3.05) is 19.6 Å². The first-order valence-corrected chi connectivity index (χ1v) is 11.9. The molecule has 2 aliphatic heterocycles. The van der Waals surface area contributed by atoms with Crippen LogP contribution in [-0.4, -0.2) is 75.7 Å². The summed E-state index contributed by atoms with van der Waals surface area (Å²) in [7, 11) is 0. The smallest absolute Gasteiger partial charge is 0.320 e. The lowest BCUT2D eigenvalue weighted by Gasteiger charge is -2.40. The van der Waals surface area contributed by atoms with Crippen molar-refractivity contribution in [3.63, 3.8) is 0 Å². The van der Waals surface area contributed by atoms with Gasteiger partial charge in [-0.25, -0.2) is 18.9 Å². The molecule has 1 saturated heterocycles. The van der Waals surface area contributed by atoms with Gasteiger partial charge in [-0.05, 0) is 49.1 Å². The number of nitrogens with one attached hydrogen (secondary N) is 1. The van der Waals surface area contributed by atoms with Gasteiger partial charge < -0.3 is 14.9 Å². The van der Waals surface area contributed by atoms with Gasteiger partial charge in [0.25, 0.3) is 5.56 Å². The zero-order valence-corrected chi connectivity index (χ0v) is 19.5. The van der Waals surface area contributed by atoms with E-state index in [1.54, 1.807) is 28.1 Å². The van der Waals surface area contributed by atoms with Crippen LogP contribution in [0.5, 0.6) is 0 Å². The number of aromatic amines is 1. The van der Waals surface area contributed by atoms with Crippen molar-refractivity contribution in [1.82, 2.24) is 39.3 Å². The fraction of sp³-hybridized carbons (Fsp3) is 0.375. The first-order valence-electron chi connectivity index (χ1n) is 11.9. The summed E-state index contributed by atoms with van der Waals surface area (Å²) in [5.74, 6) is -0.366. The monoisotopic (exact) mass is 492 g/mol. The number of aromatic nitrogens is 6. The molecule has 0 radical (unpaired) electrons. The Balaban J connectivity index is 1.14. The molecule has 1 aromatic carbocycles. The van der Waals surface area contributed by atoms with Crippen LogP contribution in [0.1, 0.15) is 24.1 Å². The highest BCUT2D eigenvalue weighted by molar-refractivity contribution is 5.75. The average molecular weight is 493 g/mol. The highest BCUT2D eigenvalue weighted by Crippen LogP contribution is 2.26. The van der Waals surface area contributed by atoms with Gasteiger partial charge in [-0.1, -0.05) is 0 Å². The molecule has 1 fully saturated rings. The summed E-state index contributed by atoms with van der Waals surface area (Å²) in [6.45, 7) is 2.00. The molecule has 2 N–H and O–H groups in total. The van der Waals surface area contributed by atoms with E-state index in [2.05, 4.69) is 20.3 Å². The molecule has 0 atom stereocenters. The maximum absolute atomic E-state index is 13.3. The Kier molecular flexibility index (Phi) is 5.32. The summed E-state index contributed by atoms with van der Waals surface area (Å²) in [4.78, 5) is 34.1. The Bertz CT molecular complexity index is 1480. The molecule has 0 bridgehead atoms. The first kappa shape index (κ1) is 22.4. The molecule has 6 rings (SSSR count). The number of aliphatic hydroxyl groups is 1. The topological polar surface area (TPSA) is 125 Å². The van der Waals surface area contributed by atoms with Crippen molar-refractivity contribution in [2.45, 2.75) is 38.0 Å². The van der Waals surface area contributed by atoms with Crippen LogP contribution in [0.25, 0.3) is 16.7 Å². The van der Waals surface area contributed by atoms with E-state index in [4.69, 9.17) is 0 Å². The summed E-state index contributed by atoms with van der Waals surface area (Å²) in [6, 6.07) is 5.70. The Morgan fingerprint density at radius 3 is 2.67 bits per heavy atom. The number of benzene rings is 1. The van der Waals surface area contributed by atoms with E-state index >= 15 is 0 Å². The van der Waals surface area contributed by atoms with Gasteiger partial charge in [0, 0.05) is 19.6 Å². The molecule has 4 aromatic rings. The van der Waals surface area contributed by atoms with Crippen molar-refractivity contribution in [3.05, 3.63) is 70.4 Å². The fourth-order valence-corrected chi connectivity index (χ4v) is 5.00. The van der Waals surface area contributed by atoms with Gasteiger partial charge in [0.2, 0.25) is 0 Å². The van der Waals surface area contributed by atoms with Gasteiger partial charge in [0.15, 0.2) is 5.65 Å². The normalized spacial score (nSPS) is 17.4. The SMILES string of the molecule is O=C(N1CCC(O)(Cn2cnc3c(cnn3-c3ccc(F)cc3)c2=O)CC1)N1CCc2cn[nH]c2C1. The lowest BCUT2D eigenvalue weighted by Crippen LogP contribution is -2.53. The number of amides is 2. The van der Waals surface area contributed by atoms with E-state index in [1.165, 1.54) is 33.9 Å². The van der Waals surface area contributed by atoms with Gasteiger partial charge in [-0.3, -0.25) is 14.5 Å². The molecule has 12 heteroatoms. The van der Waals surface area contributed by atoms with Crippen LogP contribution in [0, 0.1) is 5.82 Å². The van der Waals surface area contributed by atoms with E-state index < -0.39 is 5.60 Å². The molecule has 36 heavy (non-hydrogen) atoms. The molecule has 11 nitrogen and oxygen atoms in total. The zero-order chi connectivity index (χ0) is 24.9. The summed E-state index contributed by atoms with van der Waals surface area (Å²) < 4.78 is 16.1. The Morgan fingerprint density at radius 2 is 1.89 bits per heavy atom. The predicted molar refractivity (Wildman–Crippen MR) is 127 cm³/mol. The van der Waals surface area contributed by atoms with Crippen LogP contribution in [0.15, 0.2) is 47.8 Å². The van der Waals surface area contributed by atoms with Crippen LogP contribution in [0.4, 0.5) is 9.18 Å². The van der Waals surface area contributed by atoms with Crippen molar-refractivity contribution in [3.8, 4) is 5.69 Å². The van der Waals surface area contributed by atoms with Crippen LogP contribution in [-0.2, 0) is 19.5 Å². The highest BCUT2D eigenvalue weighted by atomic mass is 19.1. The molecule has 0 unspecified atom stereocenters. The predicted octanol–water partition coefficient (Wildman–Crippen LogP) is 1.45. The molecule has 186 valence electrons. The van der Waals surface area contributed by atoms with Gasteiger partial charge in [-0.15, -0.1) is 0 Å². The molecule has 0 saturated carbocycles. The minimum atomic E-state index is -1.14. The quantitative estimate of drug-likeness (QED) is 0.446.